The van der Waals surface area contributed by atoms with Gasteiger partial charge < -0.3 is 10.2 Å². The second-order valence-corrected chi connectivity index (χ2v) is 7.09. The number of thioether (sulfide) groups is 1. The molecule has 1 aliphatic heterocycles. The smallest absolute Gasteiger partial charge is 0.230 e. The van der Waals surface area contributed by atoms with Gasteiger partial charge in [-0.2, -0.15) is 0 Å². The predicted molar refractivity (Wildman–Crippen MR) is 102 cm³/mol. The van der Waals surface area contributed by atoms with E-state index < -0.39 is 0 Å². The molecular weight excluding hydrogens is 316 g/mol. The quantitative estimate of drug-likeness (QED) is 0.834. The van der Waals surface area contributed by atoms with E-state index in [1.165, 1.54) is 17.7 Å². The summed E-state index contributed by atoms with van der Waals surface area (Å²) in [5.74, 6) is 1.54. The van der Waals surface area contributed by atoms with Crippen LogP contribution in [0.5, 0.6) is 0 Å². The van der Waals surface area contributed by atoms with Crippen LogP contribution in [-0.2, 0) is 10.5 Å². The average molecular weight is 340 g/mol. The molecule has 0 spiro atoms. The summed E-state index contributed by atoms with van der Waals surface area (Å²) in [5, 5.41) is 3.11. The first kappa shape index (κ1) is 16.9. The SMILES string of the molecule is O=C(CSCc1ccccc1)NCC1CCCN1c1ccccc1. The molecule has 1 saturated heterocycles. The molecule has 3 nitrogen and oxygen atoms in total. The monoisotopic (exact) mass is 340 g/mol. The summed E-state index contributed by atoms with van der Waals surface area (Å²) in [7, 11) is 0. The molecule has 0 aromatic heterocycles. The standard InChI is InChI=1S/C20H24N2OS/c23-20(16-24-15-17-8-3-1-4-9-17)21-14-19-12-7-13-22(19)18-10-5-2-6-11-18/h1-6,8-11,19H,7,12-16H2,(H,21,23). The van der Waals surface area contributed by atoms with Gasteiger partial charge >= 0.3 is 0 Å². The number of para-hydroxylation sites is 1. The van der Waals surface area contributed by atoms with Gasteiger partial charge in [0.25, 0.3) is 0 Å². The van der Waals surface area contributed by atoms with Gasteiger partial charge in [-0.25, -0.2) is 0 Å². The van der Waals surface area contributed by atoms with Gasteiger partial charge in [0, 0.05) is 30.6 Å². The highest BCUT2D eigenvalue weighted by Crippen LogP contribution is 2.24. The van der Waals surface area contributed by atoms with Crippen LogP contribution < -0.4 is 10.2 Å². The molecule has 1 aliphatic rings. The predicted octanol–water partition coefficient (Wildman–Crippen LogP) is 3.71. The van der Waals surface area contributed by atoms with E-state index in [9.17, 15) is 4.79 Å². The van der Waals surface area contributed by atoms with Gasteiger partial charge in [0.15, 0.2) is 0 Å². The molecule has 1 amide bonds. The third-order valence-electron chi connectivity index (χ3n) is 4.34. The van der Waals surface area contributed by atoms with E-state index in [4.69, 9.17) is 0 Å². The fourth-order valence-corrected chi connectivity index (χ4v) is 3.94. The topological polar surface area (TPSA) is 32.3 Å². The van der Waals surface area contributed by atoms with Crippen LogP contribution in [0.2, 0.25) is 0 Å². The maximum absolute atomic E-state index is 12.1. The molecule has 2 aromatic rings. The van der Waals surface area contributed by atoms with Crippen molar-refractivity contribution in [3.63, 3.8) is 0 Å². The first-order chi connectivity index (χ1) is 11.8. The third-order valence-corrected chi connectivity index (χ3v) is 5.35. The van der Waals surface area contributed by atoms with Gasteiger partial charge in [0.1, 0.15) is 0 Å². The number of hydrogen-bond acceptors (Lipinski definition) is 3. The molecule has 1 N–H and O–H groups in total. The molecule has 2 aromatic carbocycles. The molecule has 1 fully saturated rings. The Morgan fingerprint density at radius 2 is 1.79 bits per heavy atom. The van der Waals surface area contributed by atoms with Crippen molar-refractivity contribution < 1.29 is 4.79 Å². The van der Waals surface area contributed by atoms with E-state index in [1.54, 1.807) is 11.8 Å². The Kier molecular flexibility index (Phi) is 6.19. The van der Waals surface area contributed by atoms with Crippen LogP contribution in [0.25, 0.3) is 0 Å². The van der Waals surface area contributed by atoms with Crippen LogP contribution in [0.4, 0.5) is 5.69 Å². The van der Waals surface area contributed by atoms with Crippen molar-refractivity contribution in [2.75, 3.05) is 23.7 Å². The van der Waals surface area contributed by atoms with E-state index in [0.717, 1.165) is 25.3 Å². The molecule has 126 valence electrons. The van der Waals surface area contributed by atoms with E-state index in [1.807, 2.05) is 24.3 Å². The zero-order chi connectivity index (χ0) is 16.6. The Hall–Kier alpha value is -1.94. The first-order valence-electron chi connectivity index (χ1n) is 8.53. The summed E-state index contributed by atoms with van der Waals surface area (Å²) in [6.07, 6.45) is 2.34. The summed E-state index contributed by atoms with van der Waals surface area (Å²) in [4.78, 5) is 14.5. The lowest BCUT2D eigenvalue weighted by molar-refractivity contribution is -0.118. The summed E-state index contributed by atoms with van der Waals surface area (Å²) in [5.41, 5.74) is 2.52. The van der Waals surface area contributed by atoms with Crippen molar-refractivity contribution in [3.8, 4) is 0 Å². The minimum Gasteiger partial charge on any atom is -0.367 e. The number of nitrogens with zero attached hydrogens (tertiary/aromatic N) is 1. The summed E-state index contributed by atoms with van der Waals surface area (Å²) in [6, 6.07) is 21.2. The fraction of sp³-hybridized carbons (Fsp3) is 0.350. The van der Waals surface area contributed by atoms with E-state index in [0.29, 0.717) is 11.8 Å². The lowest BCUT2D eigenvalue weighted by atomic mass is 10.2. The van der Waals surface area contributed by atoms with Crippen molar-refractivity contribution in [2.24, 2.45) is 0 Å². The molecular formula is C20H24N2OS. The highest BCUT2D eigenvalue weighted by Gasteiger charge is 2.24. The van der Waals surface area contributed by atoms with Crippen LogP contribution in [0.3, 0.4) is 0 Å². The number of carbonyl (C=O) groups excluding carboxylic acids is 1. The van der Waals surface area contributed by atoms with Gasteiger partial charge in [-0.15, -0.1) is 11.8 Å². The van der Waals surface area contributed by atoms with Crippen molar-refractivity contribution >= 4 is 23.4 Å². The van der Waals surface area contributed by atoms with E-state index in [-0.39, 0.29) is 5.91 Å². The Bertz CT molecular complexity index is 633. The number of nitrogens with one attached hydrogen (secondary N) is 1. The van der Waals surface area contributed by atoms with Crippen LogP contribution in [0.15, 0.2) is 60.7 Å². The molecule has 24 heavy (non-hydrogen) atoms. The molecule has 0 radical (unpaired) electrons. The van der Waals surface area contributed by atoms with Gasteiger partial charge in [-0.3, -0.25) is 4.79 Å². The molecule has 0 aliphatic carbocycles. The maximum Gasteiger partial charge on any atom is 0.230 e. The minimum absolute atomic E-state index is 0.135. The maximum atomic E-state index is 12.1. The van der Waals surface area contributed by atoms with Gasteiger partial charge in [-0.1, -0.05) is 48.5 Å². The Labute approximate surface area is 148 Å². The Morgan fingerprint density at radius 1 is 1.08 bits per heavy atom. The van der Waals surface area contributed by atoms with Crippen molar-refractivity contribution in [3.05, 3.63) is 66.2 Å². The van der Waals surface area contributed by atoms with E-state index in [2.05, 4.69) is 46.6 Å². The normalized spacial score (nSPS) is 17.0. The molecule has 3 rings (SSSR count). The molecule has 4 heteroatoms. The average Bonchev–Trinajstić information content (AvgIpc) is 3.10. The van der Waals surface area contributed by atoms with Crippen LogP contribution >= 0.6 is 11.8 Å². The molecule has 1 heterocycles. The number of rotatable bonds is 7. The van der Waals surface area contributed by atoms with Gasteiger partial charge in [0.05, 0.1) is 5.75 Å². The minimum atomic E-state index is 0.135. The highest BCUT2D eigenvalue weighted by atomic mass is 32.2. The second-order valence-electron chi connectivity index (χ2n) is 6.11. The zero-order valence-electron chi connectivity index (χ0n) is 13.9. The summed E-state index contributed by atoms with van der Waals surface area (Å²) in [6.45, 7) is 1.81. The molecule has 0 bridgehead atoms. The number of hydrogen-bond donors (Lipinski definition) is 1. The number of anilines is 1. The molecule has 1 atom stereocenters. The van der Waals surface area contributed by atoms with Crippen molar-refractivity contribution in [1.29, 1.82) is 0 Å². The van der Waals surface area contributed by atoms with Gasteiger partial charge in [-0.05, 0) is 30.5 Å². The number of amides is 1. The Balaban J connectivity index is 1.41. The van der Waals surface area contributed by atoms with Crippen molar-refractivity contribution in [2.45, 2.75) is 24.6 Å². The molecule has 0 saturated carbocycles. The van der Waals surface area contributed by atoms with Gasteiger partial charge in [0.2, 0.25) is 5.91 Å². The first-order valence-corrected chi connectivity index (χ1v) is 9.68. The van der Waals surface area contributed by atoms with Crippen LogP contribution in [-0.4, -0.2) is 30.8 Å². The Morgan fingerprint density at radius 3 is 2.54 bits per heavy atom. The van der Waals surface area contributed by atoms with E-state index >= 15 is 0 Å². The van der Waals surface area contributed by atoms with Crippen LogP contribution in [0, 0.1) is 0 Å². The number of benzene rings is 2. The lowest BCUT2D eigenvalue weighted by Crippen LogP contribution is -2.40. The number of carbonyl (C=O) groups is 1. The molecule has 1 unspecified atom stereocenters. The largest absolute Gasteiger partial charge is 0.367 e. The highest BCUT2D eigenvalue weighted by molar-refractivity contribution is 7.99. The summed E-state index contributed by atoms with van der Waals surface area (Å²) < 4.78 is 0. The fourth-order valence-electron chi connectivity index (χ4n) is 3.13. The summed E-state index contributed by atoms with van der Waals surface area (Å²) >= 11 is 1.67. The second kappa shape index (κ2) is 8.78. The zero-order valence-corrected chi connectivity index (χ0v) is 14.7. The van der Waals surface area contributed by atoms with Crippen LogP contribution in [0.1, 0.15) is 18.4 Å². The third kappa shape index (κ3) is 4.78. The van der Waals surface area contributed by atoms with Crippen molar-refractivity contribution in [1.82, 2.24) is 5.32 Å². The lowest BCUT2D eigenvalue weighted by Gasteiger charge is -2.27.